The van der Waals surface area contributed by atoms with E-state index in [4.69, 9.17) is 5.11 Å². The third kappa shape index (κ3) is 3.19. The Morgan fingerprint density at radius 3 is 1.65 bits per heavy atom. The molecule has 0 bridgehead atoms. The molecule has 20 heavy (non-hydrogen) atoms. The van der Waals surface area contributed by atoms with Gasteiger partial charge in [0, 0.05) is 5.57 Å². The molecule has 0 rings (SSSR count). The van der Waals surface area contributed by atoms with Crippen LogP contribution in [0.4, 0.5) is 35.1 Å². The van der Waals surface area contributed by atoms with Crippen LogP contribution in [0.3, 0.4) is 0 Å². The standard InChI is InChI=1S/C9H8F8O3/c1-4(2)5(18)20-3-6(10,11)7(19,8(12,13)14)9(15,16)17/h19H,1,3H2,2H3. The smallest absolute Gasteiger partial charge is 0.432 e. The van der Waals surface area contributed by atoms with Crippen molar-refractivity contribution in [3.05, 3.63) is 12.2 Å². The van der Waals surface area contributed by atoms with E-state index in [-0.39, 0.29) is 0 Å². The molecular weight excluding hydrogens is 308 g/mol. The van der Waals surface area contributed by atoms with E-state index in [0.29, 0.717) is 0 Å². The molecule has 0 aliphatic heterocycles. The predicted octanol–water partition coefficient (Wildman–Crippen LogP) is 2.60. The molecule has 11 heteroatoms. The Bertz CT molecular complexity index is 381. The van der Waals surface area contributed by atoms with Gasteiger partial charge in [-0.3, -0.25) is 0 Å². The van der Waals surface area contributed by atoms with Crippen molar-refractivity contribution in [3.8, 4) is 0 Å². The van der Waals surface area contributed by atoms with Gasteiger partial charge in [-0.1, -0.05) is 6.58 Å². The minimum Gasteiger partial charge on any atom is -0.456 e. The number of carbonyl (C=O) groups is 1. The molecule has 0 radical (unpaired) electrons. The van der Waals surface area contributed by atoms with Crippen molar-refractivity contribution in [2.45, 2.75) is 30.8 Å². The molecule has 0 saturated heterocycles. The van der Waals surface area contributed by atoms with E-state index in [0.717, 1.165) is 6.92 Å². The molecular formula is C9H8F8O3. The van der Waals surface area contributed by atoms with Crippen LogP contribution >= 0.6 is 0 Å². The van der Waals surface area contributed by atoms with E-state index in [2.05, 4.69) is 11.3 Å². The zero-order valence-corrected chi connectivity index (χ0v) is 9.70. The Morgan fingerprint density at radius 2 is 1.40 bits per heavy atom. The van der Waals surface area contributed by atoms with Crippen LogP contribution < -0.4 is 0 Å². The Balaban J connectivity index is 5.49. The van der Waals surface area contributed by atoms with Crippen LogP contribution in [0.1, 0.15) is 6.92 Å². The van der Waals surface area contributed by atoms with Gasteiger partial charge in [-0.15, -0.1) is 0 Å². The fraction of sp³-hybridized carbons (Fsp3) is 0.667. The second-order valence-corrected chi connectivity index (χ2v) is 3.77. The number of alkyl halides is 8. The molecule has 3 nitrogen and oxygen atoms in total. The molecule has 118 valence electrons. The normalized spacial score (nSPS) is 14.1. The topological polar surface area (TPSA) is 46.5 Å². The number of hydrogen-bond acceptors (Lipinski definition) is 3. The van der Waals surface area contributed by atoms with Crippen molar-refractivity contribution in [2.75, 3.05) is 6.61 Å². The third-order valence-corrected chi connectivity index (χ3v) is 2.08. The number of carbonyl (C=O) groups excluding carboxylic acids is 1. The minimum atomic E-state index is -6.73. The summed E-state index contributed by atoms with van der Waals surface area (Å²) in [4.78, 5) is 10.7. The lowest BCUT2D eigenvalue weighted by atomic mass is 9.94. The van der Waals surface area contributed by atoms with Crippen LogP contribution in [-0.4, -0.2) is 41.6 Å². The van der Waals surface area contributed by atoms with E-state index >= 15 is 0 Å². The average Bonchev–Trinajstić information content (AvgIpc) is 2.21. The van der Waals surface area contributed by atoms with Gasteiger partial charge in [0.2, 0.25) is 0 Å². The summed E-state index contributed by atoms with van der Waals surface area (Å²) in [5, 5.41) is 8.45. The van der Waals surface area contributed by atoms with Gasteiger partial charge in [0.05, 0.1) is 0 Å². The maximum absolute atomic E-state index is 13.1. The first-order chi connectivity index (χ1) is 8.58. The highest BCUT2D eigenvalue weighted by Gasteiger charge is 2.82. The van der Waals surface area contributed by atoms with Crippen LogP contribution in [0.25, 0.3) is 0 Å². The van der Waals surface area contributed by atoms with Crippen molar-refractivity contribution >= 4 is 5.97 Å². The van der Waals surface area contributed by atoms with E-state index in [1.165, 1.54) is 0 Å². The van der Waals surface area contributed by atoms with Crippen LogP contribution in [0.2, 0.25) is 0 Å². The number of halogens is 8. The lowest BCUT2D eigenvalue weighted by Gasteiger charge is -2.37. The minimum absolute atomic E-state index is 0.525. The highest BCUT2D eigenvalue weighted by molar-refractivity contribution is 5.86. The molecule has 0 atom stereocenters. The second kappa shape index (κ2) is 5.19. The number of esters is 1. The Labute approximate surface area is 106 Å². The Hall–Kier alpha value is -1.39. The molecule has 0 aliphatic carbocycles. The summed E-state index contributed by atoms with van der Waals surface area (Å²) in [6.45, 7) is 1.20. The van der Waals surface area contributed by atoms with E-state index in [1.807, 2.05) is 0 Å². The van der Waals surface area contributed by atoms with Gasteiger partial charge < -0.3 is 9.84 Å². The summed E-state index contributed by atoms with van der Waals surface area (Å²) in [6.07, 6.45) is -13.5. The van der Waals surface area contributed by atoms with Crippen LogP contribution in [0.15, 0.2) is 12.2 Å². The van der Waals surface area contributed by atoms with Gasteiger partial charge in [0.15, 0.2) is 6.61 Å². The quantitative estimate of drug-likeness (QED) is 0.493. The molecule has 0 spiro atoms. The maximum Gasteiger partial charge on any atom is 0.432 e. The van der Waals surface area contributed by atoms with E-state index < -0.39 is 42.0 Å². The first-order valence-electron chi connectivity index (χ1n) is 4.64. The van der Waals surface area contributed by atoms with Gasteiger partial charge in [-0.05, 0) is 6.92 Å². The number of aliphatic hydroxyl groups is 1. The van der Waals surface area contributed by atoms with Crippen LogP contribution in [0, 0.1) is 0 Å². The zero-order valence-electron chi connectivity index (χ0n) is 9.70. The number of hydrogen-bond donors (Lipinski definition) is 1. The van der Waals surface area contributed by atoms with Gasteiger partial charge in [0.25, 0.3) is 0 Å². The predicted molar refractivity (Wildman–Crippen MR) is 47.8 cm³/mol. The molecule has 0 amide bonds. The SMILES string of the molecule is C=C(C)C(=O)OCC(F)(F)C(O)(C(F)(F)F)C(F)(F)F. The molecule has 0 aromatic heterocycles. The number of rotatable bonds is 4. The molecule has 0 aromatic carbocycles. The average molecular weight is 316 g/mol. The molecule has 0 saturated carbocycles. The summed E-state index contributed by atoms with van der Waals surface area (Å²) in [5.74, 6) is -7.47. The fourth-order valence-corrected chi connectivity index (χ4v) is 0.959. The second-order valence-electron chi connectivity index (χ2n) is 3.77. The Morgan fingerprint density at radius 1 is 1.05 bits per heavy atom. The van der Waals surface area contributed by atoms with Crippen molar-refractivity contribution in [3.63, 3.8) is 0 Å². The van der Waals surface area contributed by atoms with Crippen LogP contribution in [0.5, 0.6) is 0 Å². The van der Waals surface area contributed by atoms with Gasteiger partial charge in [-0.2, -0.15) is 35.1 Å². The highest BCUT2D eigenvalue weighted by Crippen LogP contribution is 2.51. The molecule has 1 N–H and O–H groups in total. The first-order valence-corrected chi connectivity index (χ1v) is 4.64. The molecule has 0 unspecified atom stereocenters. The van der Waals surface area contributed by atoms with Crippen molar-refractivity contribution < 1.29 is 49.8 Å². The lowest BCUT2D eigenvalue weighted by Crippen LogP contribution is -2.69. The van der Waals surface area contributed by atoms with Crippen LogP contribution in [-0.2, 0) is 9.53 Å². The van der Waals surface area contributed by atoms with Crippen molar-refractivity contribution in [2.24, 2.45) is 0 Å². The monoisotopic (exact) mass is 316 g/mol. The molecule has 0 aromatic rings. The van der Waals surface area contributed by atoms with E-state index in [9.17, 15) is 39.9 Å². The zero-order chi connectivity index (χ0) is 16.6. The summed E-state index contributed by atoms with van der Waals surface area (Å²) in [5.41, 5.74) is -6.87. The van der Waals surface area contributed by atoms with Crippen molar-refractivity contribution in [1.82, 2.24) is 0 Å². The highest BCUT2D eigenvalue weighted by atomic mass is 19.4. The third-order valence-electron chi connectivity index (χ3n) is 2.08. The summed E-state index contributed by atoms with van der Waals surface area (Å²) >= 11 is 0. The summed E-state index contributed by atoms with van der Waals surface area (Å²) < 4.78 is 103. The Kier molecular flexibility index (Phi) is 4.82. The van der Waals surface area contributed by atoms with E-state index in [1.54, 1.807) is 0 Å². The first kappa shape index (κ1) is 18.6. The largest absolute Gasteiger partial charge is 0.456 e. The fourth-order valence-electron chi connectivity index (χ4n) is 0.959. The lowest BCUT2D eigenvalue weighted by molar-refractivity contribution is -0.425. The molecule has 0 fully saturated rings. The van der Waals surface area contributed by atoms with Gasteiger partial charge >= 0.3 is 29.8 Å². The van der Waals surface area contributed by atoms with Crippen molar-refractivity contribution in [1.29, 1.82) is 0 Å². The molecule has 0 aliphatic rings. The molecule has 0 heterocycles. The summed E-state index contributed by atoms with van der Waals surface area (Å²) in [7, 11) is 0. The van der Waals surface area contributed by atoms with Gasteiger partial charge in [-0.25, -0.2) is 4.79 Å². The van der Waals surface area contributed by atoms with Gasteiger partial charge in [0.1, 0.15) is 0 Å². The maximum atomic E-state index is 13.1. The number of ether oxygens (including phenoxy) is 1. The summed E-state index contributed by atoms with van der Waals surface area (Å²) in [6, 6.07) is 0.